The molecule has 0 atom stereocenters. The highest BCUT2D eigenvalue weighted by molar-refractivity contribution is 7.86. The Balaban J connectivity index is 0.836. The molecule has 4 heterocycles. The van der Waals surface area contributed by atoms with Gasteiger partial charge in [0.1, 0.15) is 27.0 Å². The first kappa shape index (κ1) is 35.6. The SMILES string of the molecule is O=C(O)Cc1cc(-n2n3c4ccc5cc(S(=O)(=O)O)ccc5c4n23)ccc1N=Nc1ccc(C=Cc2ccc(-n3n4c5ccc6ccccc6c5n34)cc2S(=O)(=O)O)cc1. The van der Waals surface area contributed by atoms with Gasteiger partial charge < -0.3 is 5.11 Å². The van der Waals surface area contributed by atoms with E-state index in [-0.39, 0.29) is 16.2 Å². The summed E-state index contributed by atoms with van der Waals surface area (Å²) in [7, 11) is -8.94. The Labute approximate surface area is 338 Å². The third-order valence-corrected chi connectivity index (χ3v) is 12.5. The molecule has 3 N–H and O–H groups in total. The topological polar surface area (TPSA) is 198 Å². The van der Waals surface area contributed by atoms with Crippen LogP contribution in [0.1, 0.15) is 16.7 Å². The van der Waals surface area contributed by atoms with E-state index in [1.54, 1.807) is 78.9 Å². The Morgan fingerprint density at radius 3 is 1.93 bits per heavy atom. The van der Waals surface area contributed by atoms with Crippen LogP contribution in [0.25, 0.3) is 67.1 Å². The highest BCUT2D eigenvalue weighted by Gasteiger charge is 2.28. The van der Waals surface area contributed by atoms with Crippen molar-refractivity contribution in [1.82, 2.24) is 28.1 Å². The number of aliphatic carboxylic acids is 1. The molecule has 296 valence electrons. The number of carboxylic acids is 1. The predicted octanol–water partition coefficient (Wildman–Crippen LogP) is 8.17. The smallest absolute Gasteiger partial charge is 0.307 e. The van der Waals surface area contributed by atoms with E-state index in [1.807, 2.05) is 70.6 Å². The number of benzene rings is 7. The molecule has 0 saturated carbocycles. The zero-order valence-electron chi connectivity index (χ0n) is 30.8. The van der Waals surface area contributed by atoms with E-state index in [4.69, 9.17) is 0 Å². The summed E-state index contributed by atoms with van der Waals surface area (Å²) in [5.41, 5.74) is 7.30. The van der Waals surface area contributed by atoms with Gasteiger partial charge in [-0.3, -0.25) is 13.9 Å². The normalized spacial score (nSPS) is 13.2. The maximum atomic E-state index is 12.6. The lowest BCUT2D eigenvalue weighted by Gasteiger charge is -2.05. The summed E-state index contributed by atoms with van der Waals surface area (Å²) in [5.74, 6) is -1.04. The van der Waals surface area contributed by atoms with Crippen LogP contribution < -0.4 is 0 Å². The molecule has 16 nitrogen and oxygen atoms in total. The third kappa shape index (κ3) is 5.61. The molecule has 0 spiro atoms. The summed E-state index contributed by atoms with van der Waals surface area (Å²) < 4.78 is 75.7. The summed E-state index contributed by atoms with van der Waals surface area (Å²) in [6.07, 6.45) is 3.02. The number of azo groups is 1. The van der Waals surface area contributed by atoms with Crippen LogP contribution in [0.5, 0.6) is 0 Å². The maximum absolute atomic E-state index is 12.6. The molecule has 0 unspecified atom stereocenters. The Morgan fingerprint density at radius 2 is 1.25 bits per heavy atom. The molecule has 4 aromatic heterocycles. The lowest BCUT2D eigenvalue weighted by Crippen LogP contribution is -2.02. The van der Waals surface area contributed by atoms with Crippen molar-refractivity contribution in [3.05, 3.63) is 144 Å². The Hall–Kier alpha value is -7.51. The maximum Gasteiger partial charge on any atom is 0.307 e. The second kappa shape index (κ2) is 12.5. The van der Waals surface area contributed by atoms with E-state index in [0.717, 1.165) is 43.8 Å². The largest absolute Gasteiger partial charge is 0.481 e. The van der Waals surface area contributed by atoms with E-state index in [2.05, 4.69) is 10.2 Å². The first-order chi connectivity index (χ1) is 28.8. The number of nitrogens with zero attached hydrogens (tertiary/aromatic N) is 8. The lowest BCUT2D eigenvalue weighted by molar-refractivity contribution is -0.136. The second-order valence-corrected chi connectivity index (χ2v) is 17.2. The van der Waals surface area contributed by atoms with Gasteiger partial charge in [0.25, 0.3) is 20.2 Å². The molecule has 0 saturated heterocycles. The summed E-state index contributed by atoms with van der Waals surface area (Å²) >= 11 is 0. The predicted molar refractivity (Wildman–Crippen MR) is 223 cm³/mol. The van der Waals surface area contributed by atoms with Crippen LogP contribution in [0.15, 0.2) is 147 Å². The monoisotopic (exact) mass is 836 g/mol. The van der Waals surface area contributed by atoms with Gasteiger partial charge in [-0.1, -0.05) is 72.8 Å². The van der Waals surface area contributed by atoms with E-state index in [0.29, 0.717) is 39.3 Å². The third-order valence-electron chi connectivity index (χ3n) is 10.7. The number of hydrogen-bond donors (Lipinski definition) is 3. The minimum absolute atomic E-state index is 0.198. The van der Waals surface area contributed by atoms with Crippen molar-refractivity contribution in [2.45, 2.75) is 16.2 Å². The Kier molecular flexibility index (Phi) is 7.42. The summed E-state index contributed by atoms with van der Waals surface area (Å²) in [6, 6.07) is 37.2. The molecule has 0 aliphatic heterocycles. The van der Waals surface area contributed by atoms with E-state index in [9.17, 15) is 35.8 Å². The van der Waals surface area contributed by atoms with E-state index in [1.165, 1.54) is 18.2 Å². The average molecular weight is 837 g/mol. The van der Waals surface area contributed by atoms with Crippen molar-refractivity contribution in [3.8, 4) is 11.4 Å². The highest BCUT2D eigenvalue weighted by atomic mass is 32.2. The van der Waals surface area contributed by atoms with Crippen molar-refractivity contribution >= 4 is 93.3 Å². The molecule has 0 bridgehead atoms. The second-order valence-electron chi connectivity index (χ2n) is 14.4. The first-order valence-electron chi connectivity index (χ1n) is 18.4. The summed E-state index contributed by atoms with van der Waals surface area (Å²) in [4.78, 5) is 15.1. The van der Waals surface area contributed by atoms with E-state index >= 15 is 0 Å². The molecule has 11 aromatic rings. The fourth-order valence-corrected chi connectivity index (χ4v) is 9.09. The van der Waals surface area contributed by atoms with Gasteiger partial charge in [0.05, 0.1) is 34.1 Å². The number of rotatable bonds is 10. The minimum Gasteiger partial charge on any atom is -0.481 e. The highest BCUT2D eigenvalue weighted by Crippen LogP contribution is 2.36. The number of carboxylic acid groups (broad SMARTS) is 1. The van der Waals surface area contributed by atoms with Crippen LogP contribution in [0.3, 0.4) is 0 Å². The Bertz CT molecular complexity index is 3840. The van der Waals surface area contributed by atoms with Crippen LogP contribution in [0.2, 0.25) is 0 Å². The molecule has 0 radical (unpaired) electrons. The summed E-state index contributed by atoms with van der Waals surface area (Å²) in [5, 5.41) is 22.0. The molecule has 60 heavy (non-hydrogen) atoms. The molecule has 0 aliphatic carbocycles. The van der Waals surface area contributed by atoms with Crippen molar-refractivity contribution in [3.63, 3.8) is 0 Å². The molecule has 18 heteroatoms. The van der Waals surface area contributed by atoms with Crippen LogP contribution in [0.4, 0.5) is 11.4 Å². The zero-order valence-corrected chi connectivity index (χ0v) is 32.4. The average Bonchev–Trinajstić information content (AvgIpc) is 4.08. The lowest BCUT2D eigenvalue weighted by atomic mass is 10.1. The van der Waals surface area contributed by atoms with Gasteiger partial charge in [0, 0.05) is 10.8 Å². The van der Waals surface area contributed by atoms with Gasteiger partial charge in [-0.15, -0.1) is 18.5 Å². The quantitative estimate of drug-likeness (QED) is 0.0696. The molecule has 0 aliphatic rings. The van der Waals surface area contributed by atoms with Crippen LogP contribution in [-0.4, -0.2) is 65.1 Å². The van der Waals surface area contributed by atoms with Crippen molar-refractivity contribution in [2.24, 2.45) is 10.2 Å². The van der Waals surface area contributed by atoms with Gasteiger partial charge >= 0.3 is 5.97 Å². The van der Waals surface area contributed by atoms with Crippen molar-refractivity contribution in [1.29, 1.82) is 0 Å². The number of carbonyl (C=O) groups is 1. The fraction of sp³-hybridized carbons (Fsp3) is 0.0238. The van der Waals surface area contributed by atoms with Crippen LogP contribution in [-0.2, 0) is 31.5 Å². The molecular formula is C42H28N8O8S2. The molecule has 0 amide bonds. The van der Waals surface area contributed by atoms with E-state index < -0.39 is 26.2 Å². The van der Waals surface area contributed by atoms with Crippen LogP contribution >= 0.6 is 0 Å². The first-order valence-corrected chi connectivity index (χ1v) is 21.2. The van der Waals surface area contributed by atoms with Crippen LogP contribution in [0, 0.1) is 0 Å². The number of fused-ring (bicyclic) bond motifs is 12. The number of aromatic nitrogens is 6. The van der Waals surface area contributed by atoms with Gasteiger partial charge in [-0.25, -0.2) is 0 Å². The molecule has 0 fully saturated rings. The zero-order chi connectivity index (χ0) is 41.2. The molecule has 7 aromatic carbocycles. The van der Waals surface area contributed by atoms with Gasteiger partial charge in [0.2, 0.25) is 0 Å². The Morgan fingerprint density at radius 1 is 0.600 bits per heavy atom. The number of hydrogen-bond acceptors (Lipinski definition) is 7. The van der Waals surface area contributed by atoms with Gasteiger partial charge in [-0.2, -0.15) is 36.7 Å². The molecule has 11 rings (SSSR count). The fourth-order valence-electron chi connectivity index (χ4n) is 7.87. The van der Waals surface area contributed by atoms with Crippen molar-refractivity contribution in [2.75, 3.05) is 0 Å². The molecular weight excluding hydrogens is 809 g/mol. The minimum atomic E-state index is -4.58. The van der Waals surface area contributed by atoms with Crippen molar-refractivity contribution < 1.29 is 35.8 Å². The summed E-state index contributed by atoms with van der Waals surface area (Å²) in [6.45, 7) is 0. The standard InChI is InChI=1S/C42H28N8O8S2/c51-40(52)23-29-21-31(45-47-38-20-11-28-22-33(59(53,54)55)16-17-35(28)42(38)50(45)47)15-18-36(29)44-43-30-12-6-25(7-13-30)5-8-27-9-14-32(24-39(27)60(56,57)58)46-48-37-19-10-26-3-1-2-4-34(26)41(37)49(46)48/h1-22,24H,23H2,(H,51,52)(H,53,54,55)(H,56,57,58). The van der Waals surface area contributed by atoms with Gasteiger partial charge in [-0.05, 0) is 94.2 Å². The van der Waals surface area contributed by atoms with Gasteiger partial charge in [0.15, 0.2) is 0 Å².